The van der Waals surface area contributed by atoms with Crippen LogP contribution in [0.4, 0.5) is 5.69 Å². The van der Waals surface area contributed by atoms with Gasteiger partial charge >= 0.3 is 0 Å². The number of nitrogens with two attached hydrogens (primary N) is 1. The van der Waals surface area contributed by atoms with Gasteiger partial charge in [-0.2, -0.15) is 0 Å². The number of aromatic nitrogens is 1. The summed E-state index contributed by atoms with van der Waals surface area (Å²) in [4.78, 5) is 2.07. The Kier molecular flexibility index (Phi) is 3.84. The molecule has 1 aromatic carbocycles. The highest BCUT2D eigenvalue weighted by Crippen LogP contribution is 2.19. The molecule has 5 heteroatoms. The number of hydrogen-bond acceptors (Lipinski definition) is 5. The summed E-state index contributed by atoms with van der Waals surface area (Å²) < 4.78 is 10.3. The maximum Gasteiger partial charge on any atom is 0.156 e. The molecule has 2 rings (SSSR count). The Labute approximate surface area is 106 Å². The van der Waals surface area contributed by atoms with E-state index in [4.69, 9.17) is 15.0 Å². The number of benzene rings is 1. The Morgan fingerprint density at radius 3 is 2.61 bits per heavy atom. The summed E-state index contributed by atoms with van der Waals surface area (Å²) >= 11 is 0. The van der Waals surface area contributed by atoms with Crippen LogP contribution in [0.3, 0.4) is 0 Å². The minimum absolute atomic E-state index is 0.399. The van der Waals surface area contributed by atoms with Crippen molar-refractivity contribution in [3.05, 3.63) is 41.8 Å². The van der Waals surface area contributed by atoms with Gasteiger partial charge < -0.3 is 19.9 Å². The standard InChI is InChI=1S/C13H17N3O2/c1-16(9-13-7-10(8-14)15-18-13)11-3-5-12(17-2)6-4-11/h3-7H,8-9,14H2,1-2H3. The van der Waals surface area contributed by atoms with Crippen LogP contribution in [0.2, 0.25) is 0 Å². The zero-order valence-electron chi connectivity index (χ0n) is 10.6. The highest BCUT2D eigenvalue weighted by molar-refractivity contribution is 5.48. The fourth-order valence-corrected chi connectivity index (χ4v) is 1.69. The number of methoxy groups -OCH3 is 1. The third-order valence-corrected chi connectivity index (χ3v) is 2.72. The predicted molar refractivity (Wildman–Crippen MR) is 69.5 cm³/mol. The molecule has 0 bridgehead atoms. The van der Waals surface area contributed by atoms with Gasteiger partial charge in [0.05, 0.1) is 19.3 Å². The molecule has 0 fully saturated rings. The lowest BCUT2D eigenvalue weighted by atomic mass is 10.2. The minimum atomic E-state index is 0.399. The molecule has 0 aliphatic carbocycles. The molecule has 2 aromatic rings. The van der Waals surface area contributed by atoms with Gasteiger partial charge in [0.15, 0.2) is 5.76 Å². The van der Waals surface area contributed by atoms with Crippen molar-refractivity contribution in [3.63, 3.8) is 0 Å². The largest absolute Gasteiger partial charge is 0.497 e. The first-order valence-electron chi connectivity index (χ1n) is 5.72. The van der Waals surface area contributed by atoms with Gasteiger partial charge in [0.25, 0.3) is 0 Å². The van der Waals surface area contributed by atoms with E-state index in [1.165, 1.54) is 0 Å². The van der Waals surface area contributed by atoms with E-state index in [2.05, 4.69) is 10.1 Å². The highest BCUT2D eigenvalue weighted by Gasteiger charge is 2.07. The van der Waals surface area contributed by atoms with Crippen molar-refractivity contribution >= 4 is 5.69 Å². The monoisotopic (exact) mass is 247 g/mol. The number of hydrogen-bond donors (Lipinski definition) is 1. The predicted octanol–water partition coefficient (Wildman–Crippen LogP) is 1.78. The number of nitrogens with zero attached hydrogens (tertiary/aromatic N) is 2. The summed E-state index contributed by atoms with van der Waals surface area (Å²) in [5.41, 5.74) is 7.34. The SMILES string of the molecule is COc1ccc(N(C)Cc2cc(CN)no2)cc1. The second-order valence-corrected chi connectivity index (χ2v) is 4.04. The first kappa shape index (κ1) is 12.4. The lowest BCUT2D eigenvalue weighted by molar-refractivity contribution is 0.377. The normalized spacial score (nSPS) is 10.4. The van der Waals surface area contributed by atoms with Crippen LogP contribution in [0.5, 0.6) is 5.75 Å². The van der Waals surface area contributed by atoms with Crippen molar-refractivity contribution in [2.24, 2.45) is 5.73 Å². The van der Waals surface area contributed by atoms with Crippen LogP contribution in [-0.2, 0) is 13.1 Å². The van der Waals surface area contributed by atoms with Crippen LogP contribution in [0.25, 0.3) is 0 Å². The van der Waals surface area contributed by atoms with Gasteiger partial charge in [0.2, 0.25) is 0 Å². The van der Waals surface area contributed by atoms with Gasteiger partial charge in [0, 0.05) is 25.3 Å². The zero-order valence-corrected chi connectivity index (χ0v) is 10.6. The van der Waals surface area contributed by atoms with Gasteiger partial charge in [-0.05, 0) is 24.3 Å². The Morgan fingerprint density at radius 2 is 2.06 bits per heavy atom. The van der Waals surface area contributed by atoms with E-state index in [9.17, 15) is 0 Å². The average Bonchev–Trinajstić information content (AvgIpc) is 2.86. The summed E-state index contributed by atoms with van der Waals surface area (Å²) in [6.45, 7) is 1.05. The second-order valence-electron chi connectivity index (χ2n) is 4.04. The van der Waals surface area contributed by atoms with E-state index in [1.54, 1.807) is 7.11 Å². The summed E-state index contributed by atoms with van der Waals surface area (Å²) in [5, 5.41) is 3.86. The van der Waals surface area contributed by atoms with Crippen LogP contribution in [0, 0.1) is 0 Å². The van der Waals surface area contributed by atoms with Crippen molar-refractivity contribution in [2.75, 3.05) is 19.1 Å². The van der Waals surface area contributed by atoms with Crippen LogP contribution in [0.15, 0.2) is 34.9 Å². The maximum atomic E-state index is 5.49. The Bertz CT molecular complexity index is 493. The molecule has 0 saturated heterocycles. The molecule has 0 aliphatic heterocycles. The van der Waals surface area contributed by atoms with E-state index in [1.807, 2.05) is 37.4 Å². The fourth-order valence-electron chi connectivity index (χ4n) is 1.69. The molecule has 0 amide bonds. The van der Waals surface area contributed by atoms with E-state index < -0.39 is 0 Å². The Balaban J connectivity index is 2.03. The van der Waals surface area contributed by atoms with Crippen LogP contribution in [-0.4, -0.2) is 19.3 Å². The maximum absolute atomic E-state index is 5.49. The summed E-state index contributed by atoms with van der Waals surface area (Å²) in [6.07, 6.45) is 0. The van der Waals surface area contributed by atoms with Gasteiger partial charge in [-0.1, -0.05) is 5.16 Å². The topological polar surface area (TPSA) is 64.5 Å². The third kappa shape index (κ3) is 2.81. The molecule has 18 heavy (non-hydrogen) atoms. The lowest BCUT2D eigenvalue weighted by Crippen LogP contribution is -2.15. The molecule has 0 aliphatic rings. The van der Waals surface area contributed by atoms with E-state index >= 15 is 0 Å². The molecule has 1 heterocycles. The quantitative estimate of drug-likeness (QED) is 0.872. The molecule has 0 unspecified atom stereocenters. The first-order valence-corrected chi connectivity index (χ1v) is 5.72. The number of rotatable bonds is 5. The van der Waals surface area contributed by atoms with Gasteiger partial charge in [-0.15, -0.1) is 0 Å². The number of anilines is 1. The highest BCUT2D eigenvalue weighted by atomic mass is 16.5. The molecule has 2 N–H and O–H groups in total. The zero-order chi connectivity index (χ0) is 13.0. The van der Waals surface area contributed by atoms with Crippen LogP contribution < -0.4 is 15.4 Å². The Hall–Kier alpha value is -2.01. The number of ether oxygens (including phenoxy) is 1. The van der Waals surface area contributed by atoms with E-state index in [0.29, 0.717) is 13.1 Å². The van der Waals surface area contributed by atoms with Crippen molar-refractivity contribution in [1.29, 1.82) is 0 Å². The molecular weight excluding hydrogens is 230 g/mol. The average molecular weight is 247 g/mol. The second kappa shape index (κ2) is 5.55. The van der Waals surface area contributed by atoms with Crippen LogP contribution >= 0.6 is 0 Å². The minimum Gasteiger partial charge on any atom is -0.497 e. The molecule has 0 saturated carbocycles. The smallest absolute Gasteiger partial charge is 0.156 e. The van der Waals surface area contributed by atoms with Gasteiger partial charge in [-0.25, -0.2) is 0 Å². The summed E-state index contributed by atoms with van der Waals surface area (Å²) in [5.74, 6) is 1.64. The van der Waals surface area contributed by atoms with Crippen molar-refractivity contribution in [2.45, 2.75) is 13.1 Å². The van der Waals surface area contributed by atoms with E-state index in [0.717, 1.165) is 22.9 Å². The molecular formula is C13H17N3O2. The first-order chi connectivity index (χ1) is 8.72. The molecule has 0 spiro atoms. The van der Waals surface area contributed by atoms with Gasteiger partial charge in [-0.3, -0.25) is 0 Å². The molecule has 0 atom stereocenters. The summed E-state index contributed by atoms with van der Waals surface area (Å²) in [6, 6.07) is 9.73. The fraction of sp³-hybridized carbons (Fsp3) is 0.308. The van der Waals surface area contributed by atoms with E-state index in [-0.39, 0.29) is 0 Å². The van der Waals surface area contributed by atoms with Crippen molar-refractivity contribution in [1.82, 2.24) is 5.16 Å². The molecule has 1 aromatic heterocycles. The van der Waals surface area contributed by atoms with Crippen LogP contribution in [0.1, 0.15) is 11.5 Å². The molecule has 5 nitrogen and oxygen atoms in total. The summed E-state index contributed by atoms with van der Waals surface area (Å²) in [7, 11) is 3.65. The van der Waals surface area contributed by atoms with Crippen molar-refractivity contribution < 1.29 is 9.26 Å². The Morgan fingerprint density at radius 1 is 1.33 bits per heavy atom. The van der Waals surface area contributed by atoms with Crippen molar-refractivity contribution in [3.8, 4) is 5.75 Å². The molecule has 0 radical (unpaired) electrons. The lowest BCUT2D eigenvalue weighted by Gasteiger charge is -2.17. The third-order valence-electron chi connectivity index (χ3n) is 2.72. The molecule has 96 valence electrons. The van der Waals surface area contributed by atoms with Gasteiger partial charge in [0.1, 0.15) is 5.75 Å².